The molecule has 0 unspecified atom stereocenters. The predicted molar refractivity (Wildman–Crippen MR) is 94.1 cm³/mol. The highest BCUT2D eigenvalue weighted by molar-refractivity contribution is 5.93. The van der Waals surface area contributed by atoms with E-state index in [1.165, 1.54) is 0 Å². The van der Waals surface area contributed by atoms with Gasteiger partial charge in [-0.3, -0.25) is 9.69 Å². The van der Waals surface area contributed by atoms with Crippen LogP contribution in [0.2, 0.25) is 0 Å². The molecule has 1 atom stereocenters. The molecule has 0 aliphatic rings. The summed E-state index contributed by atoms with van der Waals surface area (Å²) in [6, 6.07) is 13.2. The van der Waals surface area contributed by atoms with Crippen molar-refractivity contribution in [3.8, 4) is 11.3 Å². The molecule has 0 spiro atoms. The zero-order chi connectivity index (χ0) is 17.8. The van der Waals surface area contributed by atoms with E-state index in [0.29, 0.717) is 12.3 Å². The number of aryl methyl sites for hydroxylation is 1. The fourth-order valence-electron chi connectivity index (χ4n) is 2.53. The minimum Gasteiger partial charge on any atom is -0.468 e. The van der Waals surface area contributed by atoms with Crippen molar-refractivity contribution >= 4 is 5.91 Å². The summed E-state index contributed by atoms with van der Waals surface area (Å²) in [5.74, 6) is 1.09. The van der Waals surface area contributed by atoms with E-state index in [0.717, 1.165) is 16.9 Å². The summed E-state index contributed by atoms with van der Waals surface area (Å²) in [5.41, 5.74) is 2.31. The molecule has 3 aromatic rings. The van der Waals surface area contributed by atoms with E-state index in [4.69, 9.17) is 8.94 Å². The molecule has 0 saturated carbocycles. The molecule has 2 aromatic heterocycles. The summed E-state index contributed by atoms with van der Waals surface area (Å²) in [6.07, 6.45) is 1.62. The van der Waals surface area contributed by atoms with Crippen molar-refractivity contribution in [2.24, 2.45) is 0 Å². The van der Waals surface area contributed by atoms with E-state index in [9.17, 15) is 4.79 Å². The third-order valence-corrected chi connectivity index (χ3v) is 4.03. The van der Waals surface area contributed by atoms with Gasteiger partial charge in [0.15, 0.2) is 11.5 Å². The maximum Gasteiger partial charge on any atom is 0.273 e. The number of carbonyl (C=O) groups excluding carboxylic acids is 1. The number of nitrogens with one attached hydrogen (secondary N) is 1. The maximum absolute atomic E-state index is 12.4. The van der Waals surface area contributed by atoms with Gasteiger partial charge in [-0.25, -0.2) is 0 Å². The first-order valence-electron chi connectivity index (χ1n) is 8.06. The molecule has 0 saturated heterocycles. The van der Waals surface area contributed by atoms with Gasteiger partial charge in [0.1, 0.15) is 5.76 Å². The van der Waals surface area contributed by atoms with E-state index in [-0.39, 0.29) is 17.6 Å². The first-order valence-corrected chi connectivity index (χ1v) is 8.06. The van der Waals surface area contributed by atoms with Gasteiger partial charge in [-0.15, -0.1) is 0 Å². The van der Waals surface area contributed by atoms with E-state index >= 15 is 0 Å². The number of aromatic nitrogens is 1. The topological polar surface area (TPSA) is 71.5 Å². The van der Waals surface area contributed by atoms with Crippen molar-refractivity contribution in [2.75, 3.05) is 20.6 Å². The smallest absolute Gasteiger partial charge is 0.273 e. The third-order valence-electron chi connectivity index (χ3n) is 4.03. The zero-order valence-electron chi connectivity index (χ0n) is 14.5. The molecule has 25 heavy (non-hydrogen) atoms. The molecule has 6 nitrogen and oxygen atoms in total. The van der Waals surface area contributed by atoms with Crippen molar-refractivity contribution in [3.63, 3.8) is 0 Å². The lowest BCUT2D eigenvalue weighted by Gasteiger charge is -2.22. The average molecular weight is 339 g/mol. The quantitative estimate of drug-likeness (QED) is 0.746. The molecule has 0 fully saturated rings. The van der Waals surface area contributed by atoms with Gasteiger partial charge in [0.05, 0.1) is 12.3 Å². The maximum atomic E-state index is 12.4. The molecule has 6 heteroatoms. The molecule has 0 aliphatic heterocycles. The third kappa shape index (κ3) is 3.97. The van der Waals surface area contributed by atoms with Crippen LogP contribution >= 0.6 is 0 Å². The fourth-order valence-corrected chi connectivity index (χ4v) is 2.53. The normalized spacial score (nSPS) is 12.3. The Kier molecular flexibility index (Phi) is 5.00. The van der Waals surface area contributed by atoms with E-state index in [1.807, 2.05) is 62.3 Å². The molecule has 0 aliphatic carbocycles. The molecule has 0 bridgehead atoms. The Balaban J connectivity index is 1.66. The Hall–Kier alpha value is -2.86. The van der Waals surface area contributed by atoms with Crippen molar-refractivity contribution < 1.29 is 13.7 Å². The molecular formula is C19H21N3O3. The highest BCUT2D eigenvalue weighted by Crippen LogP contribution is 2.21. The molecule has 1 N–H and O–H groups in total. The lowest BCUT2D eigenvalue weighted by atomic mass is 10.1. The Morgan fingerprint density at radius 2 is 2.00 bits per heavy atom. The Morgan fingerprint density at radius 3 is 2.64 bits per heavy atom. The molecule has 1 amide bonds. The number of amides is 1. The molecule has 3 rings (SSSR count). The van der Waals surface area contributed by atoms with Crippen molar-refractivity contribution in [3.05, 3.63) is 65.7 Å². The number of nitrogens with zero attached hydrogens (tertiary/aromatic N) is 2. The van der Waals surface area contributed by atoms with Crippen LogP contribution in [0.15, 0.2) is 57.7 Å². The van der Waals surface area contributed by atoms with Crippen molar-refractivity contribution in [1.29, 1.82) is 0 Å². The number of rotatable bonds is 6. The highest BCUT2D eigenvalue weighted by Gasteiger charge is 2.20. The second kappa shape index (κ2) is 7.36. The monoisotopic (exact) mass is 339 g/mol. The van der Waals surface area contributed by atoms with Gasteiger partial charge in [0.25, 0.3) is 5.91 Å². The van der Waals surface area contributed by atoms with Gasteiger partial charge in [-0.05, 0) is 33.2 Å². The Morgan fingerprint density at radius 1 is 1.24 bits per heavy atom. The molecular weight excluding hydrogens is 318 g/mol. The number of furan rings is 1. The van der Waals surface area contributed by atoms with Gasteiger partial charge in [0, 0.05) is 18.2 Å². The first-order chi connectivity index (χ1) is 12.0. The average Bonchev–Trinajstić information content (AvgIpc) is 3.27. The van der Waals surface area contributed by atoms with Crippen LogP contribution in [0.4, 0.5) is 0 Å². The van der Waals surface area contributed by atoms with Crippen LogP contribution < -0.4 is 5.32 Å². The lowest BCUT2D eigenvalue weighted by molar-refractivity contribution is 0.0930. The summed E-state index contributed by atoms with van der Waals surface area (Å²) in [6.45, 7) is 2.43. The van der Waals surface area contributed by atoms with Crippen LogP contribution in [0.3, 0.4) is 0 Å². The van der Waals surface area contributed by atoms with Gasteiger partial charge < -0.3 is 14.3 Å². The number of likely N-dealkylation sites (N-methyl/N-ethyl adjacent to an activating group) is 1. The minimum absolute atomic E-state index is 0.0533. The van der Waals surface area contributed by atoms with Gasteiger partial charge in [-0.1, -0.05) is 35.0 Å². The highest BCUT2D eigenvalue weighted by atomic mass is 16.5. The predicted octanol–water partition coefficient (Wildman–Crippen LogP) is 3.28. The zero-order valence-corrected chi connectivity index (χ0v) is 14.5. The largest absolute Gasteiger partial charge is 0.468 e. The lowest BCUT2D eigenvalue weighted by Crippen LogP contribution is -2.34. The fraction of sp³-hybridized carbons (Fsp3) is 0.263. The SMILES string of the molecule is Cc1ccc(-c2cc(C(=O)NC[C@@H](c3ccco3)N(C)C)no2)cc1. The first kappa shape index (κ1) is 17.0. The minimum atomic E-state index is -0.277. The van der Waals surface area contributed by atoms with Crippen LogP contribution in [-0.4, -0.2) is 36.6 Å². The van der Waals surface area contributed by atoms with Gasteiger partial charge in [0.2, 0.25) is 0 Å². The van der Waals surface area contributed by atoms with Crippen LogP contribution in [0.5, 0.6) is 0 Å². The van der Waals surface area contributed by atoms with Gasteiger partial charge in [-0.2, -0.15) is 0 Å². The van der Waals surface area contributed by atoms with E-state index in [2.05, 4.69) is 10.5 Å². The molecule has 130 valence electrons. The summed E-state index contributed by atoms with van der Waals surface area (Å²) >= 11 is 0. The van der Waals surface area contributed by atoms with Crippen molar-refractivity contribution in [2.45, 2.75) is 13.0 Å². The van der Waals surface area contributed by atoms with Crippen LogP contribution in [0.25, 0.3) is 11.3 Å². The van der Waals surface area contributed by atoms with Crippen LogP contribution in [-0.2, 0) is 0 Å². The van der Waals surface area contributed by atoms with E-state index in [1.54, 1.807) is 12.3 Å². The van der Waals surface area contributed by atoms with Gasteiger partial charge >= 0.3 is 0 Å². The standard InChI is InChI=1S/C19H21N3O3/c1-13-6-8-14(9-7-13)18-11-15(21-25-18)19(23)20-12-16(22(2)3)17-5-4-10-24-17/h4-11,16H,12H2,1-3H3,(H,20,23)/t16-/m0/s1. The van der Waals surface area contributed by atoms with E-state index < -0.39 is 0 Å². The number of benzene rings is 1. The summed E-state index contributed by atoms with van der Waals surface area (Å²) in [7, 11) is 3.87. The molecule has 2 heterocycles. The molecule has 0 radical (unpaired) electrons. The van der Waals surface area contributed by atoms with Crippen LogP contribution in [0, 0.1) is 6.92 Å². The van der Waals surface area contributed by atoms with Crippen LogP contribution in [0.1, 0.15) is 27.9 Å². The summed E-state index contributed by atoms with van der Waals surface area (Å²) < 4.78 is 10.7. The molecule has 1 aromatic carbocycles. The second-order valence-corrected chi connectivity index (χ2v) is 6.15. The Bertz CT molecular complexity index is 820. The number of carbonyl (C=O) groups is 1. The Labute approximate surface area is 146 Å². The second-order valence-electron chi connectivity index (χ2n) is 6.15. The summed E-state index contributed by atoms with van der Waals surface area (Å²) in [5, 5.41) is 6.76. The van der Waals surface area contributed by atoms with Crippen molar-refractivity contribution in [1.82, 2.24) is 15.4 Å². The number of hydrogen-bond donors (Lipinski definition) is 1. The number of hydrogen-bond acceptors (Lipinski definition) is 5. The summed E-state index contributed by atoms with van der Waals surface area (Å²) in [4.78, 5) is 14.3.